The van der Waals surface area contributed by atoms with Crippen LogP contribution in [0.3, 0.4) is 0 Å². The Kier molecular flexibility index (Phi) is 7.22. The first kappa shape index (κ1) is 21.3. The number of halogens is 2. The number of nitrogens with zero attached hydrogens (tertiary/aromatic N) is 3. The summed E-state index contributed by atoms with van der Waals surface area (Å²) in [6.07, 6.45) is 0.399. The monoisotopic (exact) mass is 440 g/mol. The Balaban J connectivity index is 1.62. The summed E-state index contributed by atoms with van der Waals surface area (Å²) in [7, 11) is 1.52. The third-order valence-corrected chi connectivity index (χ3v) is 5.21. The van der Waals surface area contributed by atoms with E-state index in [4.69, 9.17) is 37.8 Å². The van der Waals surface area contributed by atoms with Crippen molar-refractivity contribution in [1.29, 1.82) is 0 Å². The number of benzene rings is 1. The van der Waals surface area contributed by atoms with Crippen LogP contribution in [0.5, 0.6) is 6.01 Å². The topological polar surface area (TPSA) is 96.8 Å². The zero-order valence-corrected chi connectivity index (χ0v) is 17.4. The Morgan fingerprint density at radius 3 is 2.69 bits per heavy atom. The summed E-state index contributed by atoms with van der Waals surface area (Å²) in [5.41, 5.74) is 0.991. The maximum atomic E-state index is 10.7. The first-order valence-corrected chi connectivity index (χ1v) is 9.95. The second-order valence-corrected chi connectivity index (χ2v) is 7.42. The summed E-state index contributed by atoms with van der Waals surface area (Å²) < 4.78 is 10.1. The van der Waals surface area contributed by atoms with E-state index in [1.807, 2.05) is 18.2 Å². The van der Waals surface area contributed by atoms with Gasteiger partial charge >= 0.3 is 12.2 Å². The van der Waals surface area contributed by atoms with E-state index in [1.165, 1.54) is 7.11 Å². The van der Waals surface area contributed by atoms with Crippen molar-refractivity contribution < 1.29 is 19.4 Å². The van der Waals surface area contributed by atoms with E-state index in [1.54, 1.807) is 6.07 Å². The fourth-order valence-corrected chi connectivity index (χ4v) is 3.65. The summed E-state index contributed by atoms with van der Waals surface area (Å²) in [6, 6.07) is 7.55. The normalized spacial score (nSPS) is 14.5. The standard InChI is InChI=1S/C19H22Cl2N4O4/c1-28-18-23-16(22-7-4-12-2-3-13(20)10-15(12)21)11-17(24-18)25-8-5-14(6-9-25)29-19(26)27/h2-3,10-11,14H,4-9H2,1H3,(H,26,27)(H,22,23,24). The van der Waals surface area contributed by atoms with Crippen molar-refractivity contribution in [2.24, 2.45) is 0 Å². The van der Waals surface area contributed by atoms with Crippen molar-refractivity contribution >= 4 is 41.0 Å². The van der Waals surface area contributed by atoms with E-state index < -0.39 is 6.16 Å². The lowest BCUT2D eigenvalue weighted by atomic mass is 10.1. The van der Waals surface area contributed by atoms with Crippen LogP contribution in [0.2, 0.25) is 10.0 Å². The lowest BCUT2D eigenvalue weighted by molar-refractivity contribution is 0.0415. The first-order valence-electron chi connectivity index (χ1n) is 9.20. The molecule has 29 heavy (non-hydrogen) atoms. The highest BCUT2D eigenvalue weighted by Crippen LogP contribution is 2.25. The summed E-state index contributed by atoms with van der Waals surface area (Å²) in [5, 5.41) is 13.3. The summed E-state index contributed by atoms with van der Waals surface area (Å²) in [5.74, 6) is 1.36. The SMILES string of the molecule is COc1nc(NCCc2ccc(Cl)cc2Cl)cc(N2CCC(OC(=O)O)CC2)n1. The number of rotatable bonds is 7. The molecular formula is C19H22Cl2N4O4. The number of hydrogen-bond acceptors (Lipinski definition) is 7. The molecule has 156 valence electrons. The van der Waals surface area contributed by atoms with Crippen LogP contribution in [0, 0.1) is 0 Å². The minimum absolute atomic E-state index is 0.262. The van der Waals surface area contributed by atoms with E-state index >= 15 is 0 Å². The molecule has 1 aliphatic heterocycles. The number of nitrogens with one attached hydrogen (secondary N) is 1. The number of carbonyl (C=O) groups is 1. The molecule has 1 fully saturated rings. The minimum atomic E-state index is -1.24. The molecule has 3 rings (SSSR count). The van der Waals surface area contributed by atoms with Gasteiger partial charge in [-0.2, -0.15) is 9.97 Å². The Morgan fingerprint density at radius 1 is 1.28 bits per heavy atom. The summed E-state index contributed by atoms with van der Waals surface area (Å²) >= 11 is 12.2. The molecule has 2 heterocycles. The molecule has 0 bridgehead atoms. The predicted octanol–water partition coefficient (Wildman–Crippen LogP) is 4.11. The number of aromatic nitrogens is 2. The minimum Gasteiger partial charge on any atom is -0.467 e. The average Bonchev–Trinajstić information content (AvgIpc) is 2.69. The van der Waals surface area contributed by atoms with Gasteiger partial charge in [0.1, 0.15) is 17.7 Å². The lowest BCUT2D eigenvalue weighted by Gasteiger charge is -2.32. The van der Waals surface area contributed by atoms with Crippen LogP contribution in [0.1, 0.15) is 18.4 Å². The van der Waals surface area contributed by atoms with Crippen molar-refractivity contribution in [3.05, 3.63) is 39.9 Å². The Bertz CT molecular complexity index is 860. The van der Waals surface area contributed by atoms with Gasteiger partial charge in [-0.1, -0.05) is 29.3 Å². The number of piperidine rings is 1. The maximum Gasteiger partial charge on any atom is 0.506 e. The molecule has 0 atom stereocenters. The Labute approximate surface area is 178 Å². The quantitative estimate of drug-likeness (QED) is 0.620. The van der Waals surface area contributed by atoms with Gasteiger partial charge in [0.15, 0.2) is 0 Å². The van der Waals surface area contributed by atoms with E-state index in [0.717, 1.165) is 11.4 Å². The van der Waals surface area contributed by atoms with Gasteiger partial charge in [0, 0.05) is 48.6 Å². The smallest absolute Gasteiger partial charge is 0.467 e. The molecule has 1 aromatic carbocycles. The Hall–Kier alpha value is -2.45. The molecule has 10 heteroatoms. The molecule has 1 saturated heterocycles. The van der Waals surface area contributed by atoms with Crippen LogP contribution in [0.15, 0.2) is 24.3 Å². The molecule has 2 aromatic rings. The predicted molar refractivity (Wildman–Crippen MR) is 112 cm³/mol. The molecule has 0 saturated carbocycles. The highest BCUT2D eigenvalue weighted by atomic mass is 35.5. The van der Waals surface area contributed by atoms with Crippen molar-refractivity contribution in [2.75, 3.05) is 37.0 Å². The van der Waals surface area contributed by atoms with Crippen LogP contribution in [0.25, 0.3) is 0 Å². The van der Waals surface area contributed by atoms with Gasteiger partial charge < -0.3 is 24.8 Å². The van der Waals surface area contributed by atoms with Gasteiger partial charge in [-0.05, 0) is 24.1 Å². The molecule has 1 aromatic heterocycles. The highest BCUT2D eigenvalue weighted by molar-refractivity contribution is 6.35. The molecule has 1 aliphatic rings. The maximum absolute atomic E-state index is 10.7. The second kappa shape index (κ2) is 9.84. The number of ether oxygens (including phenoxy) is 2. The van der Waals surface area contributed by atoms with Gasteiger partial charge in [0.2, 0.25) is 0 Å². The molecular weight excluding hydrogens is 419 g/mol. The fraction of sp³-hybridized carbons (Fsp3) is 0.421. The van der Waals surface area contributed by atoms with Crippen LogP contribution < -0.4 is 15.0 Å². The summed E-state index contributed by atoms with van der Waals surface area (Å²) in [4.78, 5) is 21.5. The first-order chi connectivity index (χ1) is 13.9. The van der Waals surface area contributed by atoms with E-state index in [-0.39, 0.29) is 12.1 Å². The number of methoxy groups -OCH3 is 1. The third-order valence-electron chi connectivity index (χ3n) is 4.62. The zero-order valence-electron chi connectivity index (χ0n) is 15.9. The molecule has 0 spiro atoms. The van der Waals surface area contributed by atoms with Crippen molar-refractivity contribution in [3.63, 3.8) is 0 Å². The zero-order chi connectivity index (χ0) is 20.8. The largest absolute Gasteiger partial charge is 0.506 e. The molecule has 0 amide bonds. The van der Waals surface area contributed by atoms with Gasteiger partial charge in [-0.15, -0.1) is 0 Å². The molecule has 2 N–H and O–H groups in total. The molecule has 0 radical (unpaired) electrons. The van der Waals surface area contributed by atoms with Crippen LogP contribution in [0.4, 0.5) is 16.4 Å². The van der Waals surface area contributed by atoms with Crippen molar-refractivity contribution in [1.82, 2.24) is 9.97 Å². The number of anilines is 2. The number of hydrogen-bond donors (Lipinski definition) is 2. The molecule has 0 unspecified atom stereocenters. The Morgan fingerprint density at radius 2 is 2.03 bits per heavy atom. The van der Waals surface area contributed by atoms with Gasteiger partial charge in [-0.25, -0.2) is 4.79 Å². The average molecular weight is 441 g/mol. The summed E-state index contributed by atoms with van der Waals surface area (Å²) in [6.45, 7) is 1.89. The molecule has 0 aliphatic carbocycles. The van der Waals surface area contributed by atoms with Gasteiger partial charge in [-0.3, -0.25) is 0 Å². The van der Waals surface area contributed by atoms with E-state index in [2.05, 4.69) is 20.2 Å². The van der Waals surface area contributed by atoms with Gasteiger partial charge in [0.25, 0.3) is 0 Å². The van der Waals surface area contributed by atoms with Crippen LogP contribution in [-0.4, -0.2) is 54.1 Å². The third kappa shape index (κ3) is 6.01. The van der Waals surface area contributed by atoms with Crippen LogP contribution >= 0.6 is 23.2 Å². The fourth-order valence-electron chi connectivity index (χ4n) is 3.15. The molecule has 8 nitrogen and oxygen atoms in total. The van der Waals surface area contributed by atoms with Crippen LogP contribution in [-0.2, 0) is 11.2 Å². The second-order valence-electron chi connectivity index (χ2n) is 6.58. The van der Waals surface area contributed by atoms with E-state index in [0.29, 0.717) is 54.8 Å². The van der Waals surface area contributed by atoms with Crippen molar-refractivity contribution in [2.45, 2.75) is 25.4 Å². The highest BCUT2D eigenvalue weighted by Gasteiger charge is 2.23. The lowest BCUT2D eigenvalue weighted by Crippen LogP contribution is -2.38. The number of carboxylic acid groups (broad SMARTS) is 1. The van der Waals surface area contributed by atoms with Crippen molar-refractivity contribution in [3.8, 4) is 6.01 Å². The van der Waals surface area contributed by atoms with E-state index in [9.17, 15) is 4.79 Å². The van der Waals surface area contributed by atoms with Gasteiger partial charge in [0.05, 0.1) is 7.11 Å².